The Morgan fingerprint density at radius 3 is 1.56 bits per heavy atom. The molecule has 3 aromatic heterocycles. The summed E-state index contributed by atoms with van der Waals surface area (Å²) in [4.78, 5) is 15.1. The molecule has 0 bridgehead atoms. The zero-order valence-corrected chi connectivity index (χ0v) is 27.6. The van der Waals surface area contributed by atoms with E-state index in [2.05, 4.69) is 91.0 Å². The molecule has 0 fully saturated rings. The van der Waals surface area contributed by atoms with Gasteiger partial charge < -0.3 is 4.42 Å². The average molecular weight is 658 g/mol. The molecule has 0 unspecified atom stereocenters. The van der Waals surface area contributed by atoms with Crippen LogP contribution in [-0.4, -0.2) is 15.0 Å². The molecule has 0 saturated carbocycles. The Morgan fingerprint density at radius 2 is 0.840 bits per heavy atom. The van der Waals surface area contributed by atoms with Crippen molar-refractivity contribution in [1.82, 2.24) is 15.0 Å². The first kappa shape index (κ1) is 28.6. The van der Waals surface area contributed by atoms with Gasteiger partial charge in [0.15, 0.2) is 17.5 Å². The predicted molar refractivity (Wildman–Crippen MR) is 207 cm³/mol. The first-order valence-electron chi connectivity index (χ1n) is 16.6. The number of hydrogen-bond donors (Lipinski definition) is 0. The Hall–Kier alpha value is -6.43. The molecule has 0 spiro atoms. The van der Waals surface area contributed by atoms with E-state index in [0.29, 0.717) is 17.5 Å². The van der Waals surface area contributed by atoms with Crippen molar-refractivity contribution in [2.75, 3.05) is 0 Å². The summed E-state index contributed by atoms with van der Waals surface area (Å²) in [6.45, 7) is 0. The van der Waals surface area contributed by atoms with Gasteiger partial charge in [-0.05, 0) is 76.9 Å². The van der Waals surface area contributed by atoms with Crippen LogP contribution in [0.2, 0.25) is 0 Å². The van der Waals surface area contributed by atoms with E-state index in [1.54, 1.807) is 0 Å². The number of fused-ring (bicyclic) bond motifs is 6. The van der Waals surface area contributed by atoms with Crippen LogP contribution in [0.15, 0.2) is 168 Å². The van der Waals surface area contributed by atoms with E-state index in [1.807, 2.05) is 84.1 Å². The van der Waals surface area contributed by atoms with Gasteiger partial charge in [-0.15, -0.1) is 11.3 Å². The Morgan fingerprint density at radius 1 is 0.320 bits per heavy atom. The van der Waals surface area contributed by atoms with Crippen molar-refractivity contribution in [3.05, 3.63) is 164 Å². The number of hydrogen-bond acceptors (Lipinski definition) is 5. The molecule has 0 aliphatic carbocycles. The van der Waals surface area contributed by atoms with E-state index >= 15 is 0 Å². The molecule has 4 nitrogen and oxygen atoms in total. The van der Waals surface area contributed by atoms with Crippen LogP contribution in [0, 0.1) is 0 Å². The Bertz CT molecular complexity index is 2820. The molecule has 0 aliphatic rings. The van der Waals surface area contributed by atoms with E-state index in [9.17, 15) is 0 Å². The first-order valence-corrected chi connectivity index (χ1v) is 17.4. The fourth-order valence-electron chi connectivity index (χ4n) is 6.84. The van der Waals surface area contributed by atoms with Gasteiger partial charge in [-0.2, -0.15) is 0 Å². The summed E-state index contributed by atoms with van der Waals surface area (Å²) in [5.74, 6) is 1.89. The number of benzene rings is 7. The highest BCUT2D eigenvalue weighted by Crippen LogP contribution is 2.39. The van der Waals surface area contributed by atoms with Crippen molar-refractivity contribution in [2.45, 2.75) is 0 Å². The minimum absolute atomic E-state index is 0.618. The second-order valence-corrected chi connectivity index (χ2v) is 13.5. The minimum Gasteiger partial charge on any atom is -0.456 e. The Balaban J connectivity index is 1.21. The number of thiophene rings is 1. The van der Waals surface area contributed by atoms with Crippen LogP contribution in [-0.2, 0) is 0 Å². The number of rotatable bonds is 5. The van der Waals surface area contributed by atoms with Crippen LogP contribution in [0.25, 0.3) is 98.5 Å². The lowest BCUT2D eigenvalue weighted by molar-refractivity contribution is 0.669. The van der Waals surface area contributed by atoms with Gasteiger partial charge in [-0.1, -0.05) is 109 Å². The van der Waals surface area contributed by atoms with Crippen molar-refractivity contribution >= 4 is 53.4 Å². The lowest BCUT2D eigenvalue weighted by Crippen LogP contribution is -2.00. The van der Waals surface area contributed by atoms with Gasteiger partial charge in [-0.25, -0.2) is 15.0 Å². The SMILES string of the molecule is c1ccc(-c2nc(-c3ccccc3)nc(-c3cc(-c4ccc5c(c4)oc4ccccc45)cc(-c4ccc5sc6ccccc6c5c4)c3)n2)cc1. The highest BCUT2D eigenvalue weighted by atomic mass is 32.1. The predicted octanol–water partition coefficient (Wildman–Crippen LogP) is 12.5. The molecule has 0 aliphatic heterocycles. The number of furan rings is 1. The number of para-hydroxylation sites is 1. The summed E-state index contributed by atoms with van der Waals surface area (Å²) < 4.78 is 8.89. The molecule has 0 saturated heterocycles. The average Bonchev–Trinajstić information content (AvgIpc) is 3.76. The molecule has 7 aromatic carbocycles. The van der Waals surface area contributed by atoms with Gasteiger partial charge in [0.05, 0.1) is 0 Å². The molecule has 3 heterocycles. The van der Waals surface area contributed by atoms with E-state index < -0.39 is 0 Å². The topological polar surface area (TPSA) is 51.8 Å². The van der Waals surface area contributed by atoms with Crippen molar-refractivity contribution in [3.8, 4) is 56.4 Å². The normalized spacial score (nSPS) is 11.6. The zero-order valence-electron chi connectivity index (χ0n) is 26.7. The largest absolute Gasteiger partial charge is 0.456 e. The summed E-state index contributed by atoms with van der Waals surface area (Å²) >= 11 is 1.83. The number of nitrogens with zero attached hydrogens (tertiary/aromatic N) is 3. The third-order valence-corrected chi connectivity index (χ3v) is 10.5. The van der Waals surface area contributed by atoms with Gasteiger partial charge in [0.25, 0.3) is 0 Å². The molecule has 50 heavy (non-hydrogen) atoms. The van der Waals surface area contributed by atoms with Crippen LogP contribution < -0.4 is 0 Å². The second kappa shape index (κ2) is 11.6. The maximum absolute atomic E-state index is 6.32. The van der Waals surface area contributed by atoms with Crippen molar-refractivity contribution in [3.63, 3.8) is 0 Å². The molecule has 5 heteroatoms. The van der Waals surface area contributed by atoms with E-state index in [1.165, 1.54) is 20.2 Å². The highest BCUT2D eigenvalue weighted by molar-refractivity contribution is 7.25. The van der Waals surface area contributed by atoms with Crippen molar-refractivity contribution in [1.29, 1.82) is 0 Å². The van der Waals surface area contributed by atoms with Crippen molar-refractivity contribution < 1.29 is 4.42 Å². The molecular formula is C45H27N3OS. The van der Waals surface area contributed by atoms with Gasteiger partial charge in [0.1, 0.15) is 11.2 Å². The van der Waals surface area contributed by atoms with Gasteiger partial charge in [0.2, 0.25) is 0 Å². The van der Waals surface area contributed by atoms with Crippen LogP contribution in [0.3, 0.4) is 0 Å². The lowest BCUT2D eigenvalue weighted by atomic mass is 9.94. The summed E-state index contributed by atoms with van der Waals surface area (Å²) in [6.07, 6.45) is 0. The Labute approximate surface area is 292 Å². The quantitative estimate of drug-likeness (QED) is 0.185. The van der Waals surface area contributed by atoms with Crippen LogP contribution in [0.1, 0.15) is 0 Å². The summed E-state index contributed by atoms with van der Waals surface area (Å²) in [5, 5.41) is 4.76. The Kier molecular flexibility index (Phi) is 6.64. The fourth-order valence-corrected chi connectivity index (χ4v) is 7.93. The third-order valence-electron chi connectivity index (χ3n) is 9.31. The van der Waals surface area contributed by atoms with Crippen LogP contribution >= 0.6 is 11.3 Å². The van der Waals surface area contributed by atoms with E-state index in [0.717, 1.165) is 60.9 Å². The monoisotopic (exact) mass is 657 g/mol. The molecular weight excluding hydrogens is 631 g/mol. The van der Waals surface area contributed by atoms with Crippen LogP contribution in [0.5, 0.6) is 0 Å². The highest BCUT2D eigenvalue weighted by Gasteiger charge is 2.16. The second-order valence-electron chi connectivity index (χ2n) is 12.5. The molecule has 0 radical (unpaired) electrons. The number of aromatic nitrogens is 3. The first-order chi connectivity index (χ1) is 24.7. The zero-order chi connectivity index (χ0) is 33.0. The van der Waals surface area contributed by atoms with Crippen LogP contribution in [0.4, 0.5) is 0 Å². The maximum Gasteiger partial charge on any atom is 0.164 e. The lowest BCUT2D eigenvalue weighted by Gasteiger charge is -2.13. The third kappa shape index (κ3) is 4.95. The molecule has 10 rings (SSSR count). The summed E-state index contributed by atoms with van der Waals surface area (Å²) in [5.41, 5.74) is 8.87. The molecule has 0 amide bonds. The van der Waals surface area contributed by atoms with E-state index in [4.69, 9.17) is 19.4 Å². The van der Waals surface area contributed by atoms with Gasteiger partial charge in [-0.3, -0.25) is 0 Å². The maximum atomic E-state index is 6.32. The van der Waals surface area contributed by atoms with Crippen molar-refractivity contribution in [2.24, 2.45) is 0 Å². The summed E-state index contributed by atoms with van der Waals surface area (Å²) in [6, 6.07) is 57.0. The molecule has 10 aromatic rings. The van der Waals surface area contributed by atoms with Gasteiger partial charge >= 0.3 is 0 Å². The van der Waals surface area contributed by atoms with E-state index in [-0.39, 0.29) is 0 Å². The standard InChI is InChI=1S/C45H27N3OS/c1-3-11-28(12-4-1)43-46-44(29-13-5-2-6-14-29)48-45(47-43)34-24-32(30-20-22-42-38(26-30)37-16-8-10-18-41(37)50-42)23-33(25-34)31-19-21-36-35-15-7-9-17-39(35)49-40(36)27-31/h1-27H. The molecule has 0 N–H and O–H groups in total. The minimum atomic E-state index is 0.618. The molecule has 234 valence electrons. The smallest absolute Gasteiger partial charge is 0.164 e. The van der Waals surface area contributed by atoms with Gasteiger partial charge in [0, 0.05) is 47.6 Å². The summed E-state index contributed by atoms with van der Waals surface area (Å²) in [7, 11) is 0. The fraction of sp³-hybridized carbons (Fsp3) is 0. The molecule has 0 atom stereocenters.